The van der Waals surface area contributed by atoms with Crippen molar-refractivity contribution in [1.29, 1.82) is 0 Å². The van der Waals surface area contributed by atoms with E-state index < -0.39 is 12.1 Å². The summed E-state index contributed by atoms with van der Waals surface area (Å²) in [4.78, 5) is 15.8. The Labute approximate surface area is 138 Å². The quantitative estimate of drug-likeness (QED) is 0.669. The number of hydrogen-bond donors (Lipinski definition) is 3. The van der Waals surface area contributed by atoms with E-state index in [0.29, 0.717) is 29.7 Å². The van der Waals surface area contributed by atoms with Crippen LogP contribution in [-0.2, 0) is 6.42 Å². The Morgan fingerprint density at radius 2 is 2.17 bits per heavy atom. The second kappa shape index (κ2) is 8.30. The standard InChI is InChI=1S/C15H17ClN4O3/c1-2-12(9-21)18-15(22)17-8-7-13-19-14(20-23-13)10-3-5-11(16)6-4-10/h2-6,12,21H,1,7-9H2,(H2,17,18,22)/t12-/m1/s1. The molecular weight excluding hydrogens is 320 g/mol. The van der Waals surface area contributed by atoms with Crippen molar-refractivity contribution in [2.75, 3.05) is 13.2 Å². The molecule has 2 aromatic rings. The minimum atomic E-state index is -0.477. The van der Waals surface area contributed by atoms with Crippen LogP contribution in [0, 0.1) is 0 Å². The van der Waals surface area contributed by atoms with E-state index in [-0.39, 0.29) is 6.61 Å². The highest BCUT2D eigenvalue weighted by Crippen LogP contribution is 2.18. The number of carbonyl (C=O) groups is 1. The van der Waals surface area contributed by atoms with Crippen molar-refractivity contribution in [3.63, 3.8) is 0 Å². The number of halogens is 1. The fourth-order valence-corrected chi connectivity index (χ4v) is 1.88. The Hall–Kier alpha value is -2.38. The summed E-state index contributed by atoms with van der Waals surface area (Å²) in [5.41, 5.74) is 0.798. The third-order valence-corrected chi connectivity index (χ3v) is 3.24. The van der Waals surface area contributed by atoms with Crippen LogP contribution in [0.4, 0.5) is 4.79 Å². The molecule has 122 valence electrons. The average molecular weight is 337 g/mol. The maximum absolute atomic E-state index is 11.6. The maximum Gasteiger partial charge on any atom is 0.315 e. The van der Waals surface area contributed by atoms with Crippen molar-refractivity contribution in [2.24, 2.45) is 0 Å². The van der Waals surface area contributed by atoms with Gasteiger partial charge in [-0.05, 0) is 24.3 Å². The minimum Gasteiger partial charge on any atom is -0.394 e. The number of urea groups is 1. The van der Waals surface area contributed by atoms with Gasteiger partial charge in [-0.25, -0.2) is 4.79 Å². The summed E-state index contributed by atoms with van der Waals surface area (Å²) in [5.74, 6) is 0.880. The molecule has 0 aliphatic rings. The number of aromatic nitrogens is 2. The Balaban J connectivity index is 1.82. The highest BCUT2D eigenvalue weighted by atomic mass is 35.5. The molecule has 0 spiro atoms. The normalized spacial score (nSPS) is 11.7. The molecule has 0 fully saturated rings. The van der Waals surface area contributed by atoms with Crippen LogP contribution in [-0.4, -0.2) is 40.5 Å². The lowest BCUT2D eigenvalue weighted by Crippen LogP contribution is -2.43. The molecule has 7 nitrogen and oxygen atoms in total. The summed E-state index contributed by atoms with van der Waals surface area (Å²) < 4.78 is 5.13. The predicted molar refractivity (Wildman–Crippen MR) is 86.1 cm³/mol. The van der Waals surface area contributed by atoms with Crippen LogP contribution in [0.1, 0.15) is 5.89 Å². The lowest BCUT2D eigenvalue weighted by atomic mass is 10.2. The van der Waals surface area contributed by atoms with Crippen LogP contribution < -0.4 is 10.6 Å². The predicted octanol–water partition coefficient (Wildman–Crippen LogP) is 1.78. The number of nitrogens with zero attached hydrogens (tertiary/aromatic N) is 2. The van der Waals surface area contributed by atoms with E-state index in [9.17, 15) is 4.79 Å². The summed E-state index contributed by atoms with van der Waals surface area (Å²) in [6, 6.07) is 6.21. The Kier molecular flexibility index (Phi) is 6.13. The number of benzene rings is 1. The second-order valence-electron chi connectivity index (χ2n) is 4.69. The van der Waals surface area contributed by atoms with E-state index >= 15 is 0 Å². The molecule has 1 atom stereocenters. The van der Waals surface area contributed by atoms with Crippen molar-refractivity contribution in [3.8, 4) is 11.4 Å². The van der Waals surface area contributed by atoms with E-state index in [1.807, 2.05) is 0 Å². The van der Waals surface area contributed by atoms with Gasteiger partial charge in [0.2, 0.25) is 11.7 Å². The zero-order valence-electron chi connectivity index (χ0n) is 12.3. The van der Waals surface area contributed by atoms with Crippen LogP contribution >= 0.6 is 11.6 Å². The second-order valence-corrected chi connectivity index (χ2v) is 5.13. The fraction of sp³-hybridized carbons (Fsp3) is 0.267. The van der Waals surface area contributed by atoms with Gasteiger partial charge in [0.15, 0.2) is 0 Å². The molecule has 1 aromatic carbocycles. The van der Waals surface area contributed by atoms with Crippen LogP contribution in [0.2, 0.25) is 5.02 Å². The SMILES string of the molecule is C=C[C@H](CO)NC(=O)NCCc1nc(-c2ccc(Cl)cc2)no1. The third kappa shape index (κ3) is 5.08. The van der Waals surface area contributed by atoms with Crippen molar-refractivity contribution < 1.29 is 14.4 Å². The number of carbonyl (C=O) groups excluding carboxylic acids is 1. The molecule has 1 heterocycles. The van der Waals surface area contributed by atoms with Gasteiger partial charge in [0.25, 0.3) is 0 Å². The molecule has 0 aliphatic carbocycles. The van der Waals surface area contributed by atoms with Gasteiger partial charge in [0.05, 0.1) is 12.6 Å². The van der Waals surface area contributed by atoms with E-state index in [2.05, 4.69) is 27.4 Å². The number of aliphatic hydroxyl groups excluding tert-OH is 1. The van der Waals surface area contributed by atoms with Crippen molar-refractivity contribution in [2.45, 2.75) is 12.5 Å². The van der Waals surface area contributed by atoms with E-state index in [1.54, 1.807) is 24.3 Å². The van der Waals surface area contributed by atoms with Gasteiger partial charge in [-0.1, -0.05) is 22.8 Å². The zero-order valence-corrected chi connectivity index (χ0v) is 13.1. The van der Waals surface area contributed by atoms with Gasteiger partial charge in [0, 0.05) is 23.6 Å². The first-order valence-electron chi connectivity index (χ1n) is 6.98. The molecule has 0 saturated carbocycles. The summed E-state index contributed by atoms with van der Waals surface area (Å²) in [6.07, 6.45) is 1.85. The van der Waals surface area contributed by atoms with Gasteiger partial charge in [-0.15, -0.1) is 6.58 Å². The molecule has 23 heavy (non-hydrogen) atoms. The third-order valence-electron chi connectivity index (χ3n) is 2.99. The fourth-order valence-electron chi connectivity index (χ4n) is 1.75. The van der Waals surface area contributed by atoms with Gasteiger partial charge < -0.3 is 20.3 Å². The summed E-state index contributed by atoms with van der Waals surface area (Å²) in [6.45, 7) is 3.63. The molecule has 3 N–H and O–H groups in total. The smallest absolute Gasteiger partial charge is 0.315 e. The minimum absolute atomic E-state index is 0.203. The first-order chi connectivity index (χ1) is 11.1. The van der Waals surface area contributed by atoms with Crippen molar-refractivity contribution in [3.05, 3.63) is 47.8 Å². The number of aliphatic hydroxyl groups is 1. The molecule has 2 rings (SSSR count). The van der Waals surface area contributed by atoms with Gasteiger partial charge in [-0.3, -0.25) is 0 Å². The number of rotatable bonds is 7. The molecule has 2 amide bonds. The van der Waals surface area contributed by atoms with Crippen LogP contribution in [0.25, 0.3) is 11.4 Å². The lowest BCUT2D eigenvalue weighted by molar-refractivity contribution is 0.225. The molecule has 1 aromatic heterocycles. The summed E-state index contributed by atoms with van der Waals surface area (Å²) in [5, 5.41) is 18.6. The molecule has 0 aliphatic heterocycles. The highest BCUT2D eigenvalue weighted by Gasteiger charge is 2.10. The van der Waals surface area contributed by atoms with Crippen LogP contribution in [0.3, 0.4) is 0 Å². The highest BCUT2D eigenvalue weighted by molar-refractivity contribution is 6.30. The number of hydrogen-bond acceptors (Lipinski definition) is 5. The molecule has 0 saturated heterocycles. The first kappa shape index (κ1) is 17.0. The molecule has 0 unspecified atom stereocenters. The molecule has 0 bridgehead atoms. The Morgan fingerprint density at radius 3 is 2.83 bits per heavy atom. The van der Waals surface area contributed by atoms with Gasteiger partial charge >= 0.3 is 6.03 Å². The Bertz CT molecular complexity index is 657. The van der Waals surface area contributed by atoms with E-state index in [0.717, 1.165) is 5.56 Å². The van der Waals surface area contributed by atoms with Crippen molar-refractivity contribution in [1.82, 2.24) is 20.8 Å². The average Bonchev–Trinajstić information content (AvgIpc) is 3.02. The molecular formula is C15H17ClN4O3. The largest absolute Gasteiger partial charge is 0.394 e. The molecule has 8 heteroatoms. The number of amides is 2. The van der Waals surface area contributed by atoms with Crippen LogP contribution in [0.15, 0.2) is 41.4 Å². The van der Waals surface area contributed by atoms with E-state index in [1.165, 1.54) is 6.08 Å². The summed E-state index contributed by atoms with van der Waals surface area (Å²) >= 11 is 5.83. The van der Waals surface area contributed by atoms with Crippen molar-refractivity contribution >= 4 is 17.6 Å². The zero-order chi connectivity index (χ0) is 16.7. The lowest BCUT2D eigenvalue weighted by Gasteiger charge is -2.12. The monoisotopic (exact) mass is 336 g/mol. The maximum atomic E-state index is 11.6. The first-order valence-corrected chi connectivity index (χ1v) is 7.36. The van der Waals surface area contributed by atoms with Gasteiger partial charge in [0.1, 0.15) is 0 Å². The summed E-state index contributed by atoms with van der Waals surface area (Å²) in [7, 11) is 0. The van der Waals surface area contributed by atoms with E-state index in [4.69, 9.17) is 21.2 Å². The topological polar surface area (TPSA) is 100 Å². The number of nitrogens with one attached hydrogen (secondary N) is 2. The Morgan fingerprint density at radius 1 is 1.43 bits per heavy atom. The van der Waals surface area contributed by atoms with Gasteiger partial charge in [-0.2, -0.15) is 4.98 Å². The molecule has 0 radical (unpaired) electrons. The van der Waals surface area contributed by atoms with Crippen LogP contribution in [0.5, 0.6) is 0 Å².